The van der Waals surface area contributed by atoms with Crippen molar-refractivity contribution in [3.63, 3.8) is 0 Å². The lowest BCUT2D eigenvalue weighted by Gasteiger charge is -2.03. The normalized spacial score (nSPS) is 10.9. The van der Waals surface area contributed by atoms with Gasteiger partial charge in [0.2, 0.25) is 0 Å². The minimum atomic E-state index is -0.402. The Balaban J connectivity index is 2.44. The molecule has 0 fully saturated rings. The Labute approximate surface area is 106 Å². The summed E-state index contributed by atoms with van der Waals surface area (Å²) in [6.07, 6.45) is 0. The van der Waals surface area contributed by atoms with Crippen LogP contribution in [-0.2, 0) is 0 Å². The molecule has 0 aliphatic carbocycles. The van der Waals surface area contributed by atoms with Gasteiger partial charge in [0.05, 0.1) is 11.1 Å². The number of nitrogens with one attached hydrogen (secondary N) is 1. The van der Waals surface area contributed by atoms with Gasteiger partial charge in [-0.15, -0.1) is 11.3 Å². The molecule has 18 heavy (non-hydrogen) atoms. The fraction of sp³-hybridized carbons (Fsp3) is 0.0769. The second-order valence-corrected chi connectivity index (χ2v) is 5.26. The summed E-state index contributed by atoms with van der Waals surface area (Å²) in [4.78, 5) is 28.7. The minimum absolute atomic E-state index is 0.274. The van der Waals surface area contributed by atoms with Gasteiger partial charge in [0, 0.05) is 4.88 Å². The highest BCUT2D eigenvalue weighted by Crippen LogP contribution is 2.18. The van der Waals surface area contributed by atoms with Gasteiger partial charge in [-0.1, -0.05) is 18.2 Å². The van der Waals surface area contributed by atoms with Crippen molar-refractivity contribution in [1.29, 1.82) is 0 Å². The first-order valence-electron chi connectivity index (χ1n) is 5.48. The maximum absolute atomic E-state index is 12.3. The number of aromatic amines is 1. The first-order valence-corrected chi connectivity index (χ1v) is 6.29. The second-order valence-electron chi connectivity index (χ2n) is 4.01. The second kappa shape index (κ2) is 3.96. The third kappa shape index (κ3) is 1.60. The molecule has 2 aromatic heterocycles. The fourth-order valence-corrected chi connectivity index (χ4v) is 2.84. The number of thiophene rings is 1. The molecule has 3 rings (SSSR count). The van der Waals surface area contributed by atoms with E-state index in [0.29, 0.717) is 15.9 Å². The summed E-state index contributed by atoms with van der Waals surface area (Å²) < 4.78 is 1.16. The average molecular weight is 258 g/mol. The quantitative estimate of drug-likeness (QED) is 0.726. The molecule has 0 unspecified atom stereocenters. The number of nitrogens with zero attached hydrogens (tertiary/aromatic N) is 1. The van der Waals surface area contributed by atoms with Gasteiger partial charge >= 0.3 is 5.69 Å². The third-order valence-electron chi connectivity index (χ3n) is 2.73. The lowest BCUT2D eigenvalue weighted by molar-refractivity contribution is 0.904. The summed E-state index contributed by atoms with van der Waals surface area (Å²) in [7, 11) is 0. The first-order chi connectivity index (χ1) is 8.66. The van der Waals surface area contributed by atoms with Crippen LogP contribution < -0.4 is 11.2 Å². The molecule has 0 atom stereocenters. The molecule has 0 aliphatic heterocycles. The molecule has 1 aromatic carbocycles. The molecular formula is C13H10N2O2S. The topological polar surface area (TPSA) is 54.9 Å². The van der Waals surface area contributed by atoms with E-state index in [4.69, 9.17) is 0 Å². The van der Waals surface area contributed by atoms with Crippen molar-refractivity contribution in [3.05, 3.63) is 62.1 Å². The summed E-state index contributed by atoms with van der Waals surface area (Å²) in [6.45, 7) is 1.91. The van der Waals surface area contributed by atoms with Gasteiger partial charge in [-0.2, -0.15) is 0 Å². The van der Waals surface area contributed by atoms with Crippen molar-refractivity contribution >= 4 is 21.6 Å². The van der Waals surface area contributed by atoms with Crippen LogP contribution in [0, 0.1) is 6.92 Å². The van der Waals surface area contributed by atoms with Crippen LogP contribution in [0.15, 0.2) is 46.0 Å². The van der Waals surface area contributed by atoms with Crippen molar-refractivity contribution in [2.75, 3.05) is 0 Å². The summed E-state index contributed by atoms with van der Waals surface area (Å²) in [5.41, 5.74) is -0.0978. The van der Waals surface area contributed by atoms with Crippen molar-refractivity contribution in [2.24, 2.45) is 0 Å². The number of para-hydroxylation sites is 1. The van der Waals surface area contributed by atoms with Crippen LogP contribution in [0.2, 0.25) is 0 Å². The number of aromatic nitrogens is 2. The monoisotopic (exact) mass is 258 g/mol. The van der Waals surface area contributed by atoms with E-state index in [1.165, 1.54) is 11.3 Å². The van der Waals surface area contributed by atoms with Crippen LogP contribution in [0.3, 0.4) is 0 Å². The van der Waals surface area contributed by atoms with E-state index >= 15 is 0 Å². The number of hydrogen-bond acceptors (Lipinski definition) is 3. The highest BCUT2D eigenvalue weighted by atomic mass is 32.1. The molecule has 0 radical (unpaired) electrons. The number of aryl methyl sites for hydroxylation is 1. The van der Waals surface area contributed by atoms with E-state index in [1.54, 1.807) is 30.3 Å². The SMILES string of the molecule is Cc1cc2c(=O)n(-c3ccccc3)c(=O)[nH]c2s1. The van der Waals surface area contributed by atoms with E-state index < -0.39 is 5.69 Å². The molecule has 2 heterocycles. The molecule has 1 N–H and O–H groups in total. The van der Waals surface area contributed by atoms with Gasteiger partial charge in [-0.25, -0.2) is 9.36 Å². The highest BCUT2D eigenvalue weighted by Gasteiger charge is 2.10. The van der Waals surface area contributed by atoms with Gasteiger partial charge in [-0.3, -0.25) is 9.78 Å². The highest BCUT2D eigenvalue weighted by molar-refractivity contribution is 7.18. The van der Waals surface area contributed by atoms with E-state index in [9.17, 15) is 9.59 Å². The molecule has 0 bridgehead atoms. The van der Waals surface area contributed by atoms with Gasteiger partial charge in [0.15, 0.2) is 0 Å². The van der Waals surface area contributed by atoms with E-state index in [1.807, 2.05) is 13.0 Å². The summed E-state index contributed by atoms with van der Waals surface area (Å²) in [5, 5.41) is 0.556. The fourth-order valence-electron chi connectivity index (χ4n) is 1.94. The Bertz CT molecular complexity index is 828. The molecule has 0 saturated heterocycles. The lowest BCUT2D eigenvalue weighted by atomic mass is 10.3. The van der Waals surface area contributed by atoms with Crippen LogP contribution in [-0.4, -0.2) is 9.55 Å². The van der Waals surface area contributed by atoms with Crippen molar-refractivity contribution < 1.29 is 0 Å². The van der Waals surface area contributed by atoms with Crippen LogP contribution in [0.25, 0.3) is 15.9 Å². The predicted octanol–water partition coefficient (Wildman–Crippen LogP) is 2.05. The Morgan fingerprint density at radius 1 is 1.17 bits per heavy atom. The summed E-state index contributed by atoms with van der Waals surface area (Å²) in [6, 6.07) is 10.7. The van der Waals surface area contributed by atoms with Gasteiger partial charge in [-0.05, 0) is 25.1 Å². The van der Waals surface area contributed by atoms with Gasteiger partial charge in [0.25, 0.3) is 5.56 Å². The maximum Gasteiger partial charge on any atom is 0.334 e. The molecule has 90 valence electrons. The molecule has 0 saturated carbocycles. The maximum atomic E-state index is 12.3. The largest absolute Gasteiger partial charge is 0.334 e. The number of benzene rings is 1. The Kier molecular flexibility index (Phi) is 2.41. The third-order valence-corrected chi connectivity index (χ3v) is 3.69. The van der Waals surface area contributed by atoms with Gasteiger partial charge in [0.1, 0.15) is 4.83 Å². The number of hydrogen-bond donors (Lipinski definition) is 1. The van der Waals surface area contributed by atoms with Crippen molar-refractivity contribution in [3.8, 4) is 5.69 Å². The Hall–Kier alpha value is -2.14. The van der Waals surface area contributed by atoms with E-state index in [0.717, 1.165) is 9.44 Å². The Morgan fingerprint density at radius 2 is 1.89 bits per heavy atom. The minimum Gasteiger partial charge on any atom is -0.298 e. The zero-order valence-electron chi connectivity index (χ0n) is 9.64. The molecule has 0 spiro atoms. The molecule has 5 heteroatoms. The van der Waals surface area contributed by atoms with E-state index in [-0.39, 0.29) is 5.56 Å². The smallest absolute Gasteiger partial charge is 0.298 e. The molecule has 0 amide bonds. The average Bonchev–Trinajstić information content (AvgIpc) is 2.71. The number of fused-ring (bicyclic) bond motifs is 1. The zero-order valence-corrected chi connectivity index (χ0v) is 10.5. The molecule has 0 aliphatic rings. The summed E-state index contributed by atoms with van der Waals surface area (Å²) in [5.74, 6) is 0. The van der Waals surface area contributed by atoms with Crippen LogP contribution in [0.1, 0.15) is 4.88 Å². The number of H-pyrrole nitrogens is 1. The van der Waals surface area contributed by atoms with Crippen LogP contribution in [0.4, 0.5) is 0 Å². The standard InChI is InChI=1S/C13H10N2O2S/c1-8-7-10-11(18-8)14-13(17)15(12(10)16)9-5-3-2-4-6-9/h2-7H,1H3,(H,14,17). The molecule has 3 aromatic rings. The lowest BCUT2D eigenvalue weighted by Crippen LogP contribution is -2.32. The van der Waals surface area contributed by atoms with Gasteiger partial charge < -0.3 is 0 Å². The number of rotatable bonds is 1. The van der Waals surface area contributed by atoms with Crippen molar-refractivity contribution in [2.45, 2.75) is 6.92 Å². The van der Waals surface area contributed by atoms with E-state index in [2.05, 4.69) is 4.98 Å². The zero-order chi connectivity index (χ0) is 12.7. The summed E-state index contributed by atoms with van der Waals surface area (Å²) >= 11 is 1.42. The van der Waals surface area contributed by atoms with Crippen LogP contribution >= 0.6 is 11.3 Å². The first kappa shape index (κ1) is 11.0. The van der Waals surface area contributed by atoms with Crippen molar-refractivity contribution in [1.82, 2.24) is 9.55 Å². The molecular weight excluding hydrogens is 248 g/mol. The van der Waals surface area contributed by atoms with Crippen LogP contribution in [0.5, 0.6) is 0 Å². The molecule has 4 nitrogen and oxygen atoms in total. The predicted molar refractivity (Wildman–Crippen MR) is 72.8 cm³/mol. The Morgan fingerprint density at radius 3 is 2.61 bits per heavy atom.